The van der Waals surface area contributed by atoms with Gasteiger partial charge in [0.25, 0.3) is 0 Å². The SMILES string of the molecule is CCCCCCCCCC[N+](C)(C)COC1CC(C)CCC1C(C)C.[Cl-]. The van der Waals surface area contributed by atoms with Crippen LogP contribution in [0.15, 0.2) is 0 Å². The molecule has 1 rings (SSSR count). The second-order valence-electron chi connectivity index (χ2n) is 9.79. The third kappa shape index (κ3) is 11.1. The Balaban J connectivity index is 0.00000625. The van der Waals surface area contributed by atoms with Crippen molar-refractivity contribution in [2.45, 2.75) is 104 Å². The quantitative estimate of drug-likeness (QED) is 0.265. The molecule has 2 nitrogen and oxygen atoms in total. The molecule has 0 radical (unpaired) electrons. The van der Waals surface area contributed by atoms with E-state index in [9.17, 15) is 0 Å². The molecule has 3 unspecified atom stereocenters. The Morgan fingerprint density at radius 3 is 2.08 bits per heavy atom. The molecular weight excluding hydrogens is 342 g/mol. The molecule has 1 fully saturated rings. The summed E-state index contributed by atoms with van der Waals surface area (Å²) in [6.45, 7) is 11.6. The van der Waals surface area contributed by atoms with Gasteiger partial charge in [-0.2, -0.15) is 0 Å². The van der Waals surface area contributed by atoms with Gasteiger partial charge in [-0.15, -0.1) is 0 Å². The number of ether oxygens (including phenoxy) is 1. The summed E-state index contributed by atoms with van der Waals surface area (Å²) in [4.78, 5) is 0. The molecule has 1 aliphatic rings. The van der Waals surface area contributed by atoms with E-state index < -0.39 is 0 Å². The number of unbranched alkanes of at least 4 members (excludes halogenated alkanes) is 7. The Kier molecular flexibility index (Phi) is 14.4. The summed E-state index contributed by atoms with van der Waals surface area (Å²) in [5.74, 6) is 2.35. The van der Waals surface area contributed by atoms with Crippen LogP contribution in [0.1, 0.15) is 98.3 Å². The van der Waals surface area contributed by atoms with Gasteiger partial charge in [-0.05, 0) is 43.4 Å². The molecule has 0 N–H and O–H groups in total. The van der Waals surface area contributed by atoms with E-state index in [1.165, 1.54) is 77.2 Å². The largest absolute Gasteiger partial charge is 1.00 e. The Morgan fingerprint density at radius 1 is 0.923 bits per heavy atom. The van der Waals surface area contributed by atoms with E-state index >= 15 is 0 Å². The molecular formula is C23H48ClNO. The molecule has 0 aromatic rings. The van der Waals surface area contributed by atoms with Gasteiger partial charge in [0, 0.05) is 0 Å². The zero-order valence-corrected chi connectivity index (χ0v) is 19.5. The highest BCUT2D eigenvalue weighted by atomic mass is 35.5. The number of hydrogen-bond donors (Lipinski definition) is 0. The molecule has 0 amide bonds. The van der Waals surface area contributed by atoms with E-state index in [4.69, 9.17) is 4.74 Å². The molecule has 0 spiro atoms. The zero-order chi connectivity index (χ0) is 18.7. The highest BCUT2D eigenvalue weighted by Crippen LogP contribution is 2.35. The summed E-state index contributed by atoms with van der Waals surface area (Å²) < 4.78 is 7.51. The molecule has 1 aliphatic carbocycles. The minimum absolute atomic E-state index is 0. The third-order valence-electron chi connectivity index (χ3n) is 6.22. The third-order valence-corrected chi connectivity index (χ3v) is 6.22. The average Bonchev–Trinajstić information content (AvgIpc) is 2.55. The Labute approximate surface area is 171 Å². The lowest BCUT2D eigenvalue weighted by molar-refractivity contribution is -0.911. The van der Waals surface area contributed by atoms with E-state index in [2.05, 4.69) is 41.8 Å². The lowest BCUT2D eigenvalue weighted by atomic mass is 9.75. The van der Waals surface area contributed by atoms with Gasteiger partial charge in [-0.1, -0.05) is 72.6 Å². The maximum absolute atomic E-state index is 6.49. The lowest BCUT2D eigenvalue weighted by Crippen LogP contribution is -3.00. The maximum Gasteiger partial charge on any atom is 0.183 e. The van der Waals surface area contributed by atoms with Crippen LogP contribution < -0.4 is 12.4 Å². The number of halogens is 1. The number of hydrogen-bond acceptors (Lipinski definition) is 1. The van der Waals surface area contributed by atoms with E-state index in [0.29, 0.717) is 6.10 Å². The van der Waals surface area contributed by atoms with Gasteiger partial charge < -0.3 is 21.6 Å². The first-order valence-corrected chi connectivity index (χ1v) is 11.3. The molecule has 0 heterocycles. The van der Waals surface area contributed by atoms with Crippen molar-refractivity contribution < 1.29 is 21.6 Å². The molecule has 0 saturated heterocycles. The molecule has 0 aliphatic heterocycles. The zero-order valence-electron chi connectivity index (χ0n) is 18.7. The van der Waals surface area contributed by atoms with E-state index in [1.54, 1.807) is 0 Å². The van der Waals surface area contributed by atoms with Crippen LogP contribution in [0.4, 0.5) is 0 Å². The predicted octanol–water partition coefficient (Wildman–Crippen LogP) is 3.64. The second kappa shape index (κ2) is 14.2. The van der Waals surface area contributed by atoms with Crippen molar-refractivity contribution in [3.05, 3.63) is 0 Å². The number of nitrogens with zero attached hydrogens (tertiary/aromatic N) is 1. The minimum Gasteiger partial charge on any atom is -1.00 e. The van der Waals surface area contributed by atoms with Gasteiger partial charge in [-0.25, -0.2) is 0 Å². The summed E-state index contributed by atoms with van der Waals surface area (Å²) in [6.07, 6.45) is 15.7. The van der Waals surface area contributed by atoms with Gasteiger partial charge >= 0.3 is 0 Å². The number of rotatable bonds is 13. The fraction of sp³-hybridized carbons (Fsp3) is 1.00. The smallest absolute Gasteiger partial charge is 0.183 e. The van der Waals surface area contributed by atoms with Gasteiger partial charge in [0.1, 0.15) is 0 Å². The predicted molar refractivity (Wildman–Crippen MR) is 111 cm³/mol. The minimum atomic E-state index is 0. The van der Waals surface area contributed by atoms with Crippen LogP contribution in [0.5, 0.6) is 0 Å². The van der Waals surface area contributed by atoms with Crippen molar-refractivity contribution >= 4 is 0 Å². The Morgan fingerprint density at radius 2 is 1.50 bits per heavy atom. The highest BCUT2D eigenvalue weighted by Gasteiger charge is 2.32. The molecule has 3 atom stereocenters. The second-order valence-corrected chi connectivity index (χ2v) is 9.79. The van der Waals surface area contributed by atoms with Gasteiger partial charge in [0.2, 0.25) is 0 Å². The molecule has 0 bridgehead atoms. The van der Waals surface area contributed by atoms with E-state index in [-0.39, 0.29) is 12.4 Å². The molecule has 26 heavy (non-hydrogen) atoms. The normalized spacial score (nSPS) is 23.9. The van der Waals surface area contributed by atoms with Crippen molar-refractivity contribution in [3.8, 4) is 0 Å². The highest BCUT2D eigenvalue weighted by molar-refractivity contribution is 4.81. The fourth-order valence-corrected chi connectivity index (χ4v) is 4.34. The first kappa shape index (κ1) is 26.2. The van der Waals surface area contributed by atoms with Crippen molar-refractivity contribution in [1.29, 1.82) is 0 Å². The monoisotopic (exact) mass is 389 g/mol. The van der Waals surface area contributed by atoms with Crippen molar-refractivity contribution in [1.82, 2.24) is 0 Å². The molecule has 0 aromatic heterocycles. The van der Waals surface area contributed by atoms with Crippen LogP contribution in [-0.2, 0) is 4.74 Å². The standard InChI is InChI=1S/C23H48NO.ClH/c1-7-8-9-10-11-12-13-14-17-24(5,6)19-25-23-18-21(4)15-16-22(23)20(2)3;/h20-23H,7-19H2,1-6H3;1H/q+1;/p-1. The van der Waals surface area contributed by atoms with Crippen molar-refractivity contribution in [3.63, 3.8) is 0 Å². The maximum atomic E-state index is 6.49. The Bertz CT molecular complexity index is 332. The summed E-state index contributed by atoms with van der Waals surface area (Å²) in [7, 11) is 4.69. The van der Waals surface area contributed by atoms with Crippen molar-refractivity contribution in [2.24, 2.45) is 17.8 Å². The summed E-state index contributed by atoms with van der Waals surface area (Å²) in [5, 5.41) is 0. The van der Waals surface area contributed by atoms with Crippen LogP contribution in [0.3, 0.4) is 0 Å². The first-order valence-electron chi connectivity index (χ1n) is 11.3. The van der Waals surface area contributed by atoms with Crippen molar-refractivity contribution in [2.75, 3.05) is 27.4 Å². The van der Waals surface area contributed by atoms with Gasteiger partial charge in [0.15, 0.2) is 6.73 Å². The summed E-state index contributed by atoms with van der Waals surface area (Å²) in [6, 6.07) is 0. The van der Waals surface area contributed by atoms with Crippen LogP contribution in [0, 0.1) is 17.8 Å². The molecule has 1 saturated carbocycles. The van der Waals surface area contributed by atoms with Crippen LogP contribution in [0.2, 0.25) is 0 Å². The molecule has 0 aromatic carbocycles. The van der Waals surface area contributed by atoms with E-state index in [0.717, 1.165) is 29.0 Å². The summed E-state index contributed by atoms with van der Waals surface area (Å²) >= 11 is 0. The Hall–Kier alpha value is 0.210. The molecule has 3 heteroatoms. The van der Waals surface area contributed by atoms with Crippen LogP contribution in [-0.4, -0.2) is 38.0 Å². The lowest BCUT2D eigenvalue weighted by Gasteiger charge is -2.39. The summed E-state index contributed by atoms with van der Waals surface area (Å²) in [5.41, 5.74) is 0. The van der Waals surface area contributed by atoms with Gasteiger partial charge in [0.05, 0.1) is 26.7 Å². The van der Waals surface area contributed by atoms with E-state index in [1.807, 2.05) is 0 Å². The first-order chi connectivity index (χ1) is 11.9. The van der Waals surface area contributed by atoms with Crippen LogP contribution >= 0.6 is 0 Å². The van der Waals surface area contributed by atoms with Crippen LogP contribution in [0.25, 0.3) is 0 Å². The fourth-order valence-electron chi connectivity index (χ4n) is 4.34. The molecule has 158 valence electrons. The topological polar surface area (TPSA) is 9.23 Å². The average molecular weight is 390 g/mol. The van der Waals surface area contributed by atoms with Gasteiger partial charge in [-0.3, -0.25) is 0 Å². The number of quaternary nitrogens is 1.